The summed E-state index contributed by atoms with van der Waals surface area (Å²) in [4.78, 5) is 3.72. The molecule has 0 amide bonds. The normalized spacial score (nSPS) is 11.7. The van der Waals surface area contributed by atoms with Crippen molar-refractivity contribution in [2.75, 3.05) is 5.73 Å². The lowest BCUT2D eigenvalue weighted by Crippen LogP contribution is -2.05. The molecule has 0 bridgehead atoms. The summed E-state index contributed by atoms with van der Waals surface area (Å²) in [5.74, 6) is 0.252. The predicted octanol–water partition coefficient (Wildman–Crippen LogP) is 2.26. The number of alkyl halides is 3. The zero-order valence-corrected chi connectivity index (χ0v) is 8.53. The quantitative estimate of drug-likeness (QED) is 0.878. The van der Waals surface area contributed by atoms with Crippen molar-refractivity contribution in [1.82, 2.24) is 10.1 Å². The maximum atomic E-state index is 12.4. The molecule has 2 rings (SSSR count). The molecule has 1 aromatic heterocycles. The molecule has 1 aromatic carbocycles. The van der Waals surface area contributed by atoms with Gasteiger partial charge in [-0.3, -0.25) is 0 Å². The number of nitrogens with zero attached hydrogens (tertiary/aromatic N) is 2. The first-order valence-corrected chi connectivity index (χ1v) is 4.69. The van der Waals surface area contributed by atoms with Gasteiger partial charge in [0.1, 0.15) is 0 Å². The molecule has 0 aliphatic heterocycles. The lowest BCUT2D eigenvalue weighted by molar-refractivity contribution is -0.137. The van der Waals surface area contributed by atoms with E-state index in [2.05, 4.69) is 14.7 Å². The Labute approximate surface area is 94.2 Å². The van der Waals surface area contributed by atoms with Gasteiger partial charge in [0, 0.05) is 6.42 Å². The van der Waals surface area contributed by atoms with Crippen molar-refractivity contribution in [3.05, 3.63) is 41.2 Å². The van der Waals surface area contributed by atoms with Crippen molar-refractivity contribution in [3.63, 3.8) is 0 Å². The van der Waals surface area contributed by atoms with E-state index in [9.17, 15) is 13.2 Å². The van der Waals surface area contributed by atoms with Gasteiger partial charge in [-0.05, 0) is 11.6 Å². The maximum absolute atomic E-state index is 12.4. The summed E-state index contributed by atoms with van der Waals surface area (Å²) < 4.78 is 41.9. The monoisotopic (exact) mass is 243 g/mol. The third kappa shape index (κ3) is 2.74. The zero-order chi connectivity index (χ0) is 12.5. The molecule has 0 atom stereocenters. The van der Waals surface area contributed by atoms with Crippen LogP contribution in [-0.2, 0) is 12.6 Å². The van der Waals surface area contributed by atoms with E-state index in [1.807, 2.05) is 0 Å². The van der Waals surface area contributed by atoms with Gasteiger partial charge < -0.3 is 10.3 Å². The average molecular weight is 243 g/mol. The van der Waals surface area contributed by atoms with Crippen molar-refractivity contribution >= 4 is 6.01 Å². The minimum atomic E-state index is -4.35. The summed E-state index contributed by atoms with van der Waals surface area (Å²) in [6.45, 7) is 0. The van der Waals surface area contributed by atoms with Gasteiger partial charge in [0.15, 0.2) is 5.82 Å². The van der Waals surface area contributed by atoms with Crippen LogP contribution in [0.4, 0.5) is 19.2 Å². The second kappa shape index (κ2) is 4.08. The van der Waals surface area contributed by atoms with Crippen molar-refractivity contribution in [2.24, 2.45) is 0 Å². The number of hydrogen-bond donors (Lipinski definition) is 1. The Morgan fingerprint density at radius 2 is 2.06 bits per heavy atom. The maximum Gasteiger partial charge on any atom is 0.416 e. The van der Waals surface area contributed by atoms with Crippen molar-refractivity contribution in [3.8, 4) is 0 Å². The zero-order valence-electron chi connectivity index (χ0n) is 8.53. The highest BCUT2D eigenvalue weighted by molar-refractivity contribution is 5.28. The molecule has 0 fully saturated rings. The van der Waals surface area contributed by atoms with Gasteiger partial charge in [-0.15, -0.1) is 0 Å². The van der Waals surface area contributed by atoms with Gasteiger partial charge in [0.2, 0.25) is 0 Å². The molecule has 7 heteroatoms. The lowest BCUT2D eigenvalue weighted by atomic mass is 10.1. The Morgan fingerprint density at radius 3 is 2.65 bits per heavy atom. The average Bonchev–Trinajstić information content (AvgIpc) is 2.63. The first-order chi connectivity index (χ1) is 7.95. The van der Waals surface area contributed by atoms with Crippen molar-refractivity contribution in [1.29, 1.82) is 0 Å². The van der Waals surface area contributed by atoms with Gasteiger partial charge in [-0.25, -0.2) is 0 Å². The molecule has 4 nitrogen and oxygen atoms in total. The molecule has 0 aliphatic carbocycles. The topological polar surface area (TPSA) is 64.9 Å². The van der Waals surface area contributed by atoms with Crippen LogP contribution in [0.1, 0.15) is 17.0 Å². The molecule has 0 radical (unpaired) electrons. The Hall–Kier alpha value is -2.05. The molecule has 0 saturated heterocycles. The Kier molecular flexibility index (Phi) is 2.74. The summed E-state index contributed by atoms with van der Waals surface area (Å²) in [7, 11) is 0. The van der Waals surface area contributed by atoms with Crippen LogP contribution in [0.15, 0.2) is 28.8 Å². The molecule has 0 spiro atoms. The number of rotatable bonds is 2. The second-order valence-corrected chi connectivity index (χ2v) is 3.42. The van der Waals surface area contributed by atoms with E-state index in [1.165, 1.54) is 6.07 Å². The van der Waals surface area contributed by atoms with Crippen LogP contribution in [-0.4, -0.2) is 10.1 Å². The van der Waals surface area contributed by atoms with E-state index < -0.39 is 11.7 Å². The highest BCUT2D eigenvalue weighted by Crippen LogP contribution is 2.29. The highest BCUT2D eigenvalue weighted by Gasteiger charge is 2.30. The van der Waals surface area contributed by atoms with E-state index in [0.29, 0.717) is 5.56 Å². The predicted molar refractivity (Wildman–Crippen MR) is 53.0 cm³/mol. The van der Waals surface area contributed by atoms with Crippen LogP contribution in [0.2, 0.25) is 0 Å². The molecule has 2 N–H and O–H groups in total. The molecule has 0 aliphatic rings. The fourth-order valence-corrected chi connectivity index (χ4v) is 1.38. The summed E-state index contributed by atoms with van der Waals surface area (Å²) in [6.07, 6.45) is -4.21. The first kappa shape index (κ1) is 11.4. The van der Waals surface area contributed by atoms with Crippen LogP contribution in [0, 0.1) is 0 Å². The van der Waals surface area contributed by atoms with Gasteiger partial charge in [0.25, 0.3) is 0 Å². The molecule has 17 heavy (non-hydrogen) atoms. The molecule has 90 valence electrons. The number of anilines is 1. The second-order valence-electron chi connectivity index (χ2n) is 3.42. The van der Waals surface area contributed by atoms with Gasteiger partial charge in [-0.1, -0.05) is 23.4 Å². The SMILES string of the molecule is Nc1nc(Cc2cccc(C(F)(F)F)c2)no1. The largest absolute Gasteiger partial charge is 0.416 e. The minimum Gasteiger partial charge on any atom is -0.351 e. The van der Waals surface area contributed by atoms with Gasteiger partial charge in [-0.2, -0.15) is 18.2 Å². The van der Waals surface area contributed by atoms with Crippen LogP contribution in [0.25, 0.3) is 0 Å². The number of halogens is 3. The summed E-state index contributed by atoms with van der Waals surface area (Å²) in [5.41, 5.74) is 4.95. The third-order valence-corrected chi connectivity index (χ3v) is 2.10. The summed E-state index contributed by atoms with van der Waals surface area (Å²) in [6, 6.07) is 4.84. The third-order valence-electron chi connectivity index (χ3n) is 2.10. The first-order valence-electron chi connectivity index (χ1n) is 4.69. The van der Waals surface area contributed by atoms with Crippen molar-refractivity contribution in [2.45, 2.75) is 12.6 Å². The van der Waals surface area contributed by atoms with Crippen LogP contribution in [0.5, 0.6) is 0 Å². The van der Waals surface area contributed by atoms with Gasteiger partial charge >= 0.3 is 12.2 Å². The van der Waals surface area contributed by atoms with E-state index in [1.54, 1.807) is 6.07 Å². The Bertz CT molecular complexity index is 522. The van der Waals surface area contributed by atoms with E-state index in [4.69, 9.17) is 5.73 Å². The summed E-state index contributed by atoms with van der Waals surface area (Å²) >= 11 is 0. The number of benzene rings is 1. The molecule has 0 saturated carbocycles. The Morgan fingerprint density at radius 1 is 1.29 bits per heavy atom. The van der Waals surface area contributed by atoms with Crippen LogP contribution in [0.3, 0.4) is 0 Å². The number of hydrogen-bond acceptors (Lipinski definition) is 4. The molecular weight excluding hydrogens is 235 g/mol. The van der Waals surface area contributed by atoms with E-state index in [0.717, 1.165) is 12.1 Å². The van der Waals surface area contributed by atoms with E-state index >= 15 is 0 Å². The number of nitrogens with two attached hydrogens (primary N) is 1. The number of aromatic nitrogens is 2. The fraction of sp³-hybridized carbons (Fsp3) is 0.200. The van der Waals surface area contributed by atoms with E-state index in [-0.39, 0.29) is 18.3 Å². The number of nitrogen functional groups attached to an aromatic ring is 1. The highest BCUT2D eigenvalue weighted by atomic mass is 19.4. The lowest BCUT2D eigenvalue weighted by Gasteiger charge is -2.07. The van der Waals surface area contributed by atoms with Gasteiger partial charge in [0.05, 0.1) is 5.56 Å². The van der Waals surface area contributed by atoms with Crippen LogP contribution >= 0.6 is 0 Å². The minimum absolute atomic E-state index is 0.105. The molecular formula is C10H8F3N3O. The Balaban J connectivity index is 2.22. The standard InChI is InChI=1S/C10H8F3N3O/c11-10(12,13)7-3-1-2-6(4-7)5-8-15-9(14)17-16-8/h1-4H,5H2,(H2,14,15,16). The molecule has 2 aromatic rings. The smallest absolute Gasteiger partial charge is 0.351 e. The summed E-state index contributed by atoms with van der Waals surface area (Å²) in [5, 5.41) is 3.51. The van der Waals surface area contributed by atoms with Crippen LogP contribution < -0.4 is 5.73 Å². The fourth-order valence-electron chi connectivity index (χ4n) is 1.38. The molecule has 0 unspecified atom stereocenters. The molecule has 1 heterocycles. The van der Waals surface area contributed by atoms with Crippen molar-refractivity contribution < 1.29 is 17.7 Å².